The maximum absolute atomic E-state index is 9.15. The Morgan fingerprint density at radius 1 is 1.17 bits per heavy atom. The summed E-state index contributed by atoms with van der Waals surface area (Å²) in [5, 5.41) is 13.3. The molecule has 128 valence electrons. The smallest absolute Gasteiger partial charge is 0.245 e. The molecular formula is C18H24N4O2. The molecule has 4 rings (SSSR count). The van der Waals surface area contributed by atoms with Crippen molar-refractivity contribution in [3.05, 3.63) is 47.1 Å². The van der Waals surface area contributed by atoms with Gasteiger partial charge < -0.3 is 9.63 Å². The van der Waals surface area contributed by atoms with E-state index in [1.165, 1.54) is 18.4 Å². The van der Waals surface area contributed by atoms with Crippen molar-refractivity contribution in [3.63, 3.8) is 0 Å². The highest BCUT2D eigenvalue weighted by molar-refractivity contribution is 5.22. The van der Waals surface area contributed by atoms with E-state index in [0.29, 0.717) is 5.92 Å². The summed E-state index contributed by atoms with van der Waals surface area (Å²) in [5.74, 6) is 2.16. The molecular weight excluding hydrogens is 304 g/mol. The summed E-state index contributed by atoms with van der Waals surface area (Å²) in [6, 6.07) is 8.33. The van der Waals surface area contributed by atoms with E-state index in [-0.39, 0.29) is 12.6 Å². The van der Waals surface area contributed by atoms with Crippen LogP contribution in [0.3, 0.4) is 0 Å². The second kappa shape index (κ2) is 6.63. The molecule has 1 atom stereocenters. The summed E-state index contributed by atoms with van der Waals surface area (Å²) in [4.78, 5) is 9.37. The van der Waals surface area contributed by atoms with Crippen LogP contribution >= 0.6 is 0 Å². The summed E-state index contributed by atoms with van der Waals surface area (Å²) in [5.41, 5.74) is 2.22. The molecule has 2 fully saturated rings. The highest BCUT2D eigenvalue weighted by Crippen LogP contribution is 2.38. The lowest BCUT2D eigenvalue weighted by Crippen LogP contribution is -2.46. The maximum atomic E-state index is 9.15. The highest BCUT2D eigenvalue weighted by Gasteiger charge is 2.33. The van der Waals surface area contributed by atoms with Gasteiger partial charge in [-0.3, -0.25) is 9.80 Å². The SMILES string of the molecule is CN1CCN(Cc2ccc(CO)cc2)C[C@@H]1c1nc(C2CC2)no1. The number of hydrogen-bond donors (Lipinski definition) is 1. The third-order valence-electron chi connectivity index (χ3n) is 5.03. The van der Waals surface area contributed by atoms with Crippen LogP contribution < -0.4 is 0 Å². The van der Waals surface area contributed by atoms with Crippen LogP contribution in [0.25, 0.3) is 0 Å². The van der Waals surface area contributed by atoms with Gasteiger partial charge in [0.2, 0.25) is 5.89 Å². The standard InChI is InChI=1S/C18H24N4O2/c1-21-8-9-22(10-13-2-4-14(12-23)5-3-13)11-16(21)18-19-17(20-24-18)15-6-7-15/h2-5,15-16,23H,6-12H2,1H3/t16-/m1/s1. The first-order valence-corrected chi connectivity index (χ1v) is 8.67. The summed E-state index contributed by atoms with van der Waals surface area (Å²) in [7, 11) is 2.12. The Balaban J connectivity index is 1.43. The largest absolute Gasteiger partial charge is 0.392 e. The zero-order valence-electron chi connectivity index (χ0n) is 14.1. The first kappa shape index (κ1) is 15.7. The molecule has 0 spiro atoms. The van der Waals surface area contributed by atoms with Gasteiger partial charge >= 0.3 is 0 Å². The monoisotopic (exact) mass is 328 g/mol. The van der Waals surface area contributed by atoms with Gasteiger partial charge in [0.05, 0.1) is 6.61 Å². The second-order valence-electron chi connectivity index (χ2n) is 6.97. The molecule has 0 radical (unpaired) electrons. The quantitative estimate of drug-likeness (QED) is 0.905. The Kier molecular flexibility index (Phi) is 4.35. The van der Waals surface area contributed by atoms with Gasteiger partial charge in [0.1, 0.15) is 6.04 Å². The van der Waals surface area contributed by atoms with Gasteiger partial charge in [-0.2, -0.15) is 4.98 Å². The van der Waals surface area contributed by atoms with Crippen LogP contribution in [-0.4, -0.2) is 51.7 Å². The van der Waals surface area contributed by atoms with Crippen LogP contribution in [-0.2, 0) is 13.2 Å². The van der Waals surface area contributed by atoms with Gasteiger partial charge in [-0.15, -0.1) is 0 Å². The van der Waals surface area contributed by atoms with Gasteiger partial charge in [-0.1, -0.05) is 29.4 Å². The fourth-order valence-corrected chi connectivity index (χ4v) is 3.24. The van der Waals surface area contributed by atoms with Crippen molar-refractivity contribution < 1.29 is 9.63 Å². The van der Waals surface area contributed by atoms with Gasteiger partial charge in [0.15, 0.2) is 5.82 Å². The average Bonchev–Trinajstić information content (AvgIpc) is 3.35. The molecule has 1 N–H and O–H groups in total. The number of likely N-dealkylation sites (N-methyl/N-ethyl adjacent to an activating group) is 1. The third-order valence-corrected chi connectivity index (χ3v) is 5.03. The lowest BCUT2D eigenvalue weighted by Gasteiger charge is -2.37. The van der Waals surface area contributed by atoms with E-state index in [9.17, 15) is 0 Å². The van der Waals surface area contributed by atoms with Crippen LogP contribution in [0.4, 0.5) is 0 Å². The van der Waals surface area contributed by atoms with E-state index in [4.69, 9.17) is 9.63 Å². The van der Waals surface area contributed by atoms with Gasteiger partial charge in [-0.05, 0) is 31.0 Å². The maximum Gasteiger partial charge on any atom is 0.245 e. The first-order chi connectivity index (χ1) is 11.7. The second-order valence-corrected chi connectivity index (χ2v) is 6.97. The summed E-state index contributed by atoms with van der Waals surface area (Å²) in [6.07, 6.45) is 2.38. The lowest BCUT2D eigenvalue weighted by molar-refractivity contribution is 0.0714. The van der Waals surface area contributed by atoms with Crippen LogP contribution in [0, 0.1) is 0 Å². The van der Waals surface area contributed by atoms with E-state index in [1.807, 2.05) is 12.1 Å². The molecule has 1 aliphatic heterocycles. The molecule has 1 saturated carbocycles. The molecule has 24 heavy (non-hydrogen) atoms. The Morgan fingerprint density at radius 2 is 1.92 bits per heavy atom. The van der Waals surface area contributed by atoms with Crippen LogP contribution in [0.2, 0.25) is 0 Å². The molecule has 0 unspecified atom stereocenters. The minimum absolute atomic E-state index is 0.0946. The number of aliphatic hydroxyl groups is 1. The lowest BCUT2D eigenvalue weighted by atomic mass is 10.1. The molecule has 1 aliphatic carbocycles. The Bertz CT molecular complexity index is 681. The predicted molar refractivity (Wildman–Crippen MR) is 89.3 cm³/mol. The third kappa shape index (κ3) is 3.36. The molecule has 2 heterocycles. The Morgan fingerprint density at radius 3 is 2.62 bits per heavy atom. The molecule has 2 aliphatic rings. The van der Waals surface area contributed by atoms with E-state index < -0.39 is 0 Å². The molecule has 0 bridgehead atoms. The number of hydrogen-bond acceptors (Lipinski definition) is 6. The molecule has 2 aromatic rings. The van der Waals surface area contributed by atoms with Crippen molar-refractivity contribution in [2.45, 2.75) is 38.0 Å². The molecule has 1 saturated heterocycles. The molecule has 6 heteroatoms. The number of aromatic nitrogens is 2. The molecule has 1 aromatic heterocycles. The van der Waals surface area contributed by atoms with Crippen molar-refractivity contribution in [1.82, 2.24) is 19.9 Å². The average molecular weight is 328 g/mol. The van der Waals surface area contributed by atoms with Gasteiger partial charge in [0, 0.05) is 32.1 Å². The molecule has 0 amide bonds. The number of nitrogens with zero attached hydrogens (tertiary/aromatic N) is 4. The van der Waals surface area contributed by atoms with Crippen molar-refractivity contribution in [2.24, 2.45) is 0 Å². The van der Waals surface area contributed by atoms with Crippen molar-refractivity contribution in [1.29, 1.82) is 0 Å². The predicted octanol–water partition coefficient (Wildman–Crippen LogP) is 1.93. The van der Waals surface area contributed by atoms with Crippen LogP contribution in [0.1, 0.15) is 47.6 Å². The fraction of sp³-hybridized carbons (Fsp3) is 0.556. The first-order valence-electron chi connectivity index (χ1n) is 8.67. The number of rotatable bonds is 5. The van der Waals surface area contributed by atoms with E-state index in [2.05, 4.69) is 39.1 Å². The van der Waals surface area contributed by atoms with Crippen molar-refractivity contribution in [2.75, 3.05) is 26.7 Å². The Hall–Kier alpha value is -1.76. The van der Waals surface area contributed by atoms with Crippen LogP contribution in [0.5, 0.6) is 0 Å². The summed E-state index contributed by atoms with van der Waals surface area (Å²) >= 11 is 0. The number of piperazine rings is 1. The summed E-state index contributed by atoms with van der Waals surface area (Å²) in [6.45, 7) is 3.90. The van der Waals surface area contributed by atoms with Gasteiger partial charge in [-0.25, -0.2) is 0 Å². The zero-order chi connectivity index (χ0) is 16.5. The topological polar surface area (TPSA) is 65.6 Å². The van der Waals surface area contributed by atoms with E-state index in [1.54, 1.807) is 0 Å². The normalized spacial score (nSPS) is 22.8. The van der Waals surface area contributed by atoms with E-state index >= 15 is 0 Å². The minimum Gasteiger partial charge on any atom is -0.392 e. The molecule has 6 nitrogen and oxygen atoms in total. The van der Waals surface area contributed by atoms with Gasteiger partial charge in [0.25, 0.3) is 0 Å². The Labute approximate surface area is 142 Å². The minimum atomic E-state index is 0.0946. The highest BCUT2D eigenvalue weighted by atomic mass is 16.5. The summed E-state index contributed by atoms with van der Waals surface area (Å²) < 4.78 is 5.55. The van der Waals surface area contributed by atoms with Crippen molar-refractivity contribution >= 4 is 0 Å². The fourth-order valence-electron chi connectivity index (χ4n) is 3.24. The van der Waals surface area contributed by atoms with Crippen LogP contribution in [0.15, 0.2) is 28.8 Å². The molecule has 1 aromatic carbocycles. The number of aliphatic hydroxyl groups excluding tert-OH is 1. The number of benzene rings is 1. The van der Waals surface area contributed by atoms with Crippen molar-refractivity contribution in [3.8, 4) is 0 Å². The van der Waals surface area contributed by atoms with E-state index in [0.717, 1.165) is 43.5 Å². The zero-order valence-corrected chi connectivity index (χ0v) is 14.1.